The number of aromatic amines is 1. The maximum atomic E-state index is 11.7. The number of thioether (sulfide) groups is 1. The minimum Gasteiger partial charge on any atom is -0.397 e. The maximum absolute atomic E-state index is 11.7. The summed E-state index contributed by atoms with van der Waals surface area (Å²) in [5.41, 5.74) is 8.16. The molecule has 0 saturated carbocycles. The molecule has 3 N–H and O–H groups in total. The van der Waals surface area contributed by atoms with E-state index in [1.54, 1.807) is 6.07 Å². The Morgan fingerprint density at radius 3 is 2.90 bits per heavy atom. The number of benzene rings is 1. The Kier molecular flexibility index (Phi) is 4.54. The highest BCUT2D eigenvalue weighted by molar-refractivity contribution is 7.98. The molecular weight excluding hydrogens is 272 g/mol. The number of nitrogens with zero attached hydrogens (tertiary/aromatic N) is 2. The average Bonchev–Trinajstić information content (AvgIpc) is 2.44. The van der Waals surface area contributed by atoms with Crippen LogP contribution >= 0.6 is 11.8 Å². The van der Waals surface area contributed by atoms with Crippen molar-refractivity contribution in [1.29, 1.82) is 0 Å². The van der Waals surface area contributed by atoms with Crippen LogP contribution in [0.2, 0.25) is 0 Å². The molecule has 0 fully saturated rings. The maximum Gasteiger partial charge on any atom is 0.258 e. The van der Waals surface area contributed by atoms with Crippen LogP contribution in [0.5, 0.6) is 0 Å². The zero-order valence-corrected chi connectivity index (χ0v) is 12.8. The molecule has 0 spiro atoms. The van der Waals surface area contributed by atoms with Gasteiger partial charge in [0.05, 0.1) is 28.6 Å². The van der Waals surface area contributed by atoms with E-state index in [0.29, 0.717) is 22.6 Å². The van der Waals surface area contributed by atoms with Gasteiger partial charge in [-0.15, -0.1) is 0 Å². The first kappa shape index (κ1) is 14.7. The lowest BCUT2D eigenvalue weighted by Crippen LogP contribution is -2.33. The van der Waals surface area contributed by atoms with Gasteiger partial charge in [0.1, 0.15) is 0 Å². The summed E-state index contributed by atoms with van der Waals surface area (Å²) in [7, 11) is 2.04. The molecule has 0 aliphatic heterocycles. The molecule has 20 heavy (non-hydrogen) atoms. The molecule has 2 rings (SSSR count). The van der Waals surface area contributed by atoms with Crippen LogP contribution in [0.25, 0.3) is 10.9 Å². The Morgan fingerprint density at radius 1 is 1.50 bits per heavy atom. The van der Waals surface area contributed by atoms with Gasteiger partial charge in [-0.2, -0.15) is 11.8 Å². The molecule has 2 aromatic rings. The summed E-state index contributed by atoms with van der Waals surface area (Å²) in [6.45, 7) is 2.16. The van der Waals surface area contributed by atoms with E-state index in [1.165, 1.54) is 6.33 Å². The molecule has 1 heterocycles. The largest absolute Gasteiger partial charge is 0.397 e. The van der Waals surface area contributed by atoms with Gasteiger partial charge in [0.2, 0.25) is 0 Å². The van der Waals surface area contributed by atoms with E-state index in [0.717, 1.165) is 17.9 Å². The fourth-order valence-electron chi connectivity index (χ4n) is 2.32. The molecule has 5 nitrogen and oxygen atoms in total. The van der Waals surface area contributed by atoms with Crippen molar-refractivity contribution in [3.05, 3.63) is 28.8 Å². The lowest BCUT2D eigenvalue weighted by atomic mass is 10.1. The number of nitrogens with one attached hydrogen (secondary N) is 1. The van der Waals surface area contributed by atoms with Crippen molar-refractivity contribution in [2.75, 3.05) is 29.7 Å². The molecule has 108 valence electrons. The number of nitrogen functional groups attached to an aromatic ring is 1. The molecule has 6 heteroatoms. The van der Waals surface area contributed by atoms with Gasteiger partial charge in [-0.3, -0.25) is 4.79 Å². The van der Waals surface area contributed by atoms with Gasteiger partial charge >= 0.3 is 0 Å². The topological polar surface area (TPSA) is 75.0 Å². The van der Waals surface area contributed by atoms with Crippen LogP contribution in [0.15, 0.2) is 23.3 Å². The lowest BCUT2D eigenvalue weighted by Gasteiger charge is -2.30. The van der Waals surface area contributed by atoms with E-state index in [9.17, 15) is 4.79 Å². The first-order valence-electron chi connectivity index (χ1n) is 6.57. The molecule has 0 saturated heterocycles. The van der Waals surface area contributed by atoms with Crippen molar-refractivity contribution in [1.82, 2.24) is 9.97 Å². The van der Waals surface area contributed by atoms with Gasteiger partial charge in [-0.25, -0.2) is 4.98 Å². The van der Waals surface area contributed by atoms with Crippen molar-refractivity contribution >= 4 is 34.0 Å². The quantitative estimate of drug-likeness (QED) is 0.825. The number of hydrogen-bond acceptors (Lipinski definition) is 5. The Hall–Kier alpha value is -1.69. The van der Waals surface area contributed by atoms with Crippen LogP contribution in [0.4, 0.5) is 11.4 Å². The van der Waals surface area contributed by atoms with E-state index >= 15 is 0 Å². The Balaban J connectivity index is 2.49. The van der Waals surface area contributed by atoms with E-state index in [4.69, 9.17) is 5.73 Å². The first-order chi connectivity index (χ1) is 9.58. The Labute approximate surface area is 122 Å². The van der Waals surface area contributed by atoms with Gasteiger partial charge in [-0.05, 0) is 24.8 Å². The third-order valence-corrected chi connectivity index (χ3v) is 4.27. The second-order valence-corrected chi connectivity index (χ2v) is 5.70. The SMILES string of the molecule is CCC(CSC)N(C)c1cc2nc[nH]c(=O)c2cc1N. The third-order valence-electron chi connectivity index (χ3n) is 3.55. The van der Waals surface area contributed by atoms with Crippen molar-refractivity contribution in [3.63, 3.8) is 0 Å². The Bertz CT molecular complexity index is 655. The standard InChI is InChI=1S/C14H20N4OS/c1-4-9(7-20-3)18(2)13-6-12-10(5-11(13)15)14(19)17-8-16-12/h5-6,8-9H,4,7,15H2,1-3H3,(H,16,17,19). The predicted molar refractivity (Wildman–Crippen MR) is 87.6 cm³/mol. The van der Waals surface area contributed by atoms with Crippen LogP contribution in [0.1, 0.15) is 13.3 Å². The molecule has 1 atom stereocenters. The summed E-state index contributed by atoms with van der Waals surface area (Å²) in [5, 5.41) is 0.528. The number of aromatic nitrogens is 2. The second kappa shape index (κ2) is 6.17. The zero-order chi connectivity index (χ0) is 14.7. The zero-order valence-electron chi connectivity index (χ0n) is 12.0. The van der Waals surface area contributed by atoms with Crippen LogP contribution in [0.3, 0.4) is 0 Å². The summed E-state index contributed by atoms with van der Waals surface area (Å²) in [6.07, 6.45) is 4.56. The smallest absolute Gasteiger partial charge is 0.258 e. The summed E-state index contributed by atoms with van der Waals surface area (Å²) < 4.78 is 0. The average molecular weight is 292 g/mol. The molecule has 0 aliphatic carbocycles. The molecular formula is C14H20N4OS. The van der Waals surface area contributed by atoms with E-state index in [1.807, 2.05) is 24.9 Å². The highest BCUT2D eigenvalue weighted by Crippen LogP contribution is 2.28. The van der Waals surface area contributed by atoms with Crippen molar-refractivity contribution < 1.29 is 0 Å². The number of nitrogens with two attached hydrogens (primary N) is 1. The number of H-pyrrole nitrogens is 1. The lowest BCUT2D eigenvalue weighted by molar-refractivity contribution is 0.674. The van der Waals surface area contributed by atoms with E-state index < -0.39 is 0 Å². The second-order valence-electron chi connectivity index (χ2n) is 4.79. The summed E-state index contributed by atoms with van der Waals surface area (Å²) in [6, 6.07) is 4.01. The van der Waals surface area contributed by atoms with Gasteiger partial charge in [-0.1, -0.05) is 6.92 Å². The molecule has 0 bridgehead atoms. The third kappa shape index (κ3) is 2.75. The molecule has 1 aromatic heterocycles. The number of rotatable bonds is 5. The summed E-state index contributed by atoms with van der Waals surface area (Å²) >= 11 is 1.82. The summed E-state index contributed by atoms with van der Waals surface area (Å²) in [5.74, 6) is 1.03. The van der Waals surface area contributed by atoms with Gasteiger partial charge in [0.15, 0.2) is 0 Å². The van der Waals surface area contributed by atoms with Crippen molar-refractivity contribution in [3.8, 4) is 0 Å². The minimum atomic E-state index is -0.160. The number of fused-ring (bicyclic) bond motifs is 1. The number of hydrogen-bond donors (Lipinski definition) is 2. The van der Waals surface area contributed by atoms with Crippen LogP contribution in [0, 0.1) is 0 Å². The van der Waals surface area contributed by atoms with Gasteiger partial charge < -0.3 is 15.6 Å². The van der Waals surface area contributed by atoms with Crippen molar-refractivity contribution in [2.45, 2.75) is 19.4 Å². The molecule has 0 aliphatic rings. The first-order valence-corrected chi connectivity index (χ1v) is 7.96. The van der Waals surface area contributed by atoms with Crippen LogP contribution in [-0.4, -0.2) is 35.1 Å². The highest BCUT2D eigenvalue weighted by atomic mass is 32.2. The highest BCUT2D eigenvalue weighted by Gasteiger charge is 2.16. The fourth-order valence-corrected chi connectivity index (χ4v) is 3.16. The van der Waals surface area contributed by atoms with Crippen LogP contribution < -0.4 is 16.2 Å². The molecule has 0 radical (unpaired) electrons. The monoisotopic (exact) mass is 292 g/mol. The number of anilines is 2. The Morgan fingerprint density at radius 2 is 2.25 bits per heavy atom. The fraction of sp³-hybridized carbons (Fsp3) is 0.429. The van der Waals surface area contributed by atoms with E-state index in [-0.39, 0.29) is 5.56 Å². The minimum absolute atomic E-state index is 0.160. The van der Waals surface area contributed by atoms with E-state index in [2.05, 4.69) is 28.0 Å². The van der Waals surface area contributed by atoms with Crippen LogP contribution in [-0.2, 0) is 0 Å². The van der Waals surface area contributed by atoms with Gasteiger partial charge in [0, 0.05) is 18.8 Å². The molecule has 1 aromatic carbocycles. The summed E-state index contributed by atoms with van der Waals surface area (Å²) in [4.78, 5) is 20.7. The normalized spacial score (nSPS) is 12.6. The molecule has 1 unspecified atom stereocenters. The molecule has 0 amide bonds. The van der Waals surface area contributed by atoms with Crippen molar-refractivity contribution in [2.24, 2.45) is 0 Å². The van der Waals surface area contributed by atoms with Gasteiger partial charge in [0.25, 0.3) is 5.56 Å². The predicted octanol–water partition coefficient (Wildman–Crippen LogP) is 2.08.